The second-order valence-corrected chi connectivity index (χ2v) is 6.01. The molecule has 1 aliphatic rings. The number of aliphatic hydroxyl groups excluding tert-OH is 1. The minimum Gasteiger partial charge on any atom is -0.396 e. The summed E-state index contributed by atoms with van der Waals surface area (Å²) in [5.74, 6) is 0. The van der Waals surface area contributed by atoms with Crippen LogP contribution in [0.4, 0.5) is 4.79 Å². The van der Waals surface area contributed by atoms with Crippen LogP contribution in [0.3, 0.4) is 0 Å². The number of aliphatic hydroxyl groups is 1. The zero-order chi connectivity index (χ0) is 15.9. The predicted molar refractivity (Wildman–Crippen MR) is 89.7 cm³/mol. The third-order valence-corrected chi connectivity index (χ3v) is 4.05. The number of carbonyl (C=O) groups is 1. The summed E-state index contributed by atoms with van der Waals surface area (Å²) in [5.41, 5.74) is 3.84. The van der Waals surface area contributed by atoms with E-state index in [0.29, 0.717) is 6.54 Å². The fraction of sp³-hybridized carbons (Fsp3) is 0.500. The van der Waals surface area contributed by atoms with E-state index in [2.05, 4.69) is 42.6 Å². The standard InChI is InChI=1S/C18H26N2O2/c1-14-5-3-7-17(13-14)16-8-10-20(11-9-16)18(22)19-15(2)6-4-12-21/h3,5,7-8,13,15,21H,4,6,9-12H2,1-2H3,(H,19,22). The summed E-state index contributed by atoms with van der Waals surface area (Å²) in [6, 6.07) is 8.59. The fourth-order valence-electron chi connectivity index (χ4n) is 2.73. The van der Waals surface area contributed by atoms with Crippen molar-refractivity contribution in [3.63, 3.8) is 0 Å². The Labute approximate surface area is 132 Å². The molecule has 2 N–H and O–H groups in total. The van der Waals surface area contributed by atoms with Crippen LogP contribution in [0.15, 0.2) is 30.3 Å². The SMILES string of the molecule is Cc1cccc(C2=CCN(C(=O)NC(C)CCCO)CC2)c1. The molecule has 0 saturated carbocycles. The van der Waals surface area contributed by atoms with Gasteiger partial charge in [0.05, 0.1) is 0 Å². The molecule has 22 heavy (non-hydrogen) atoms. The smallest absolute Gasteiger partial charge is 0.317 e. The molecule has 0 saturated heterocycles. The summed E-state index contributed by atoms with van der Waals surface area (Å²) in [5, 5.41) is 11.8. The van der Waals surface area contributed by atoms with Gasteiger partial charge in [0, 0.05) is 25.7 Å². The molecule has 1 unspecified atom stereocenters. The Hall–Kier alpha value is -1.81. The summed E-state index contributed by atoms with van der Waals surface area (Å²) in [7, 11) is 0. The van der Waals surface area contributed by atoms with Crippen LogP contribution in [0, 0.1) is 6.92 Å². The van der Waals surface area contributed by atoms with Crippen molar-refractivity contribution >= 4 is 11.6 Å². The Balaban J connectivity index is 1.89. The Bertz CT molecular complexity index is 540. The predicted octanol–water partition coefficient (Wildman–Crippen LogP) is 2.95. The van der Waals surface area contributed by atoms with Crippen LogP contribution in [0.5, 0.6) is 0 Å². The first kappa shape index (κ1) is 16.6. The zero-order valence-electron chi connectivity index (χ0n) is 13.5. The molecule has 2 amide bonds. The van der Waals surface area contributed by atoms with Crippen molar-refractivity contribution < 1.29 is 9.90 Å². The molecule has 0 aromatic heterocycles. The lowest BCUT2D eigenvalue weighted by molar-refractivity contribution is 0.197. The molecule has 1 atom stereocenters. The first-order valence-electron chi connectivity index (χ1n) is 8.02. The van der Waals surface area contributed by atoms with Gasteiger partial charge in [-0.2, -0.15) is 0 Å². The number of urea groups is 1. The van der Waals surface area contributed by atoms with Crippen molar-refractivity contribution in [2.45, 2.75) is 39.2 Å². The summed E-state index contributed by atoms with van der Waals surface area (Å²) in [4.78, 5) is 14.0. The Morgan fingerprint density at radius 3 is 2.91 bits per heavy atom. The largest absolute Gasteiger partial charge is 0.396 e. The topological polar surface area (TPSA) is 52.6 Å². The molecule has 0 spiro atoms. The average molecular weight is 302 g/mol. The van der Waals surface area contributed by atoms with Crippen LogP contribution in [-0.2, 0) is 0 Å². The van der Waals surface area contributed by atoms with Crippen LogP contribution in [0.2, 0.25) is 0 Å². The highest BCUT2D eigenvalue weighted by molar-refractivity contribution is 5.77. The van der Waals surface area contributed by atoms with Crippen molar-refractivity contribution in [3.05, 3.63) is 41.5 Å². The molecule has 4 nitrogen and oxygen atoms in total. The van der Waals surface area contributed by atoms with E-state index in [1.807, 2.05) is 11.8 Å². The van der Waals surface area contributed by atoms with E-state index in [9.17, 15) is 4.79 Å². The molecule has 4 heteroatoms. The van der Waals surface area contributed by atoms with Gasteiger partial charge in [0.1, 0.15) is 0 Å². The molecule has 1 heterocycles. The van der Waals surface area contributed by atoms with Gasteiger partial charge in [-0.05, 0) is 44.2 Å². The number of aryl methyl sites for hydroxylation is 1. The summed E-state index contributed by atoms with van der Waals surface area (Å²) < 4.78 is 0. The van der Waals surface area contributed by atoms with Gasteiger partial charge in [0.15, 0.2) is 0 Å². The lowest BCUT2D eigenvalue weighted by Crippen LogP contribution is -2.45. The van der Waals surface area contributed by atoms with E-state index in [1.165, 1.54) is 16.7 Å². The number of rotatable bonds is 5. The highest BCUT2D eigenvalue weighted by Gasteiger charge is 2.19. The molecule has 2 rings (SSSR count). The second kappa shape index (κ2) is 7.99. The van der Waals surface area contributed by atoms with Crippen LogP contribution < -0.4 is 5.32 Å². The maximum absolute atomic E-state index is 12.2. The second-order valence-electron chi connectivity index (χ2n) is 6.01. The number of nitrogens with one attached hydrogen (secondary N) is 1. The first-order chi connectivity index (χ1) is 10.6. The summed E-state index contributed by atoms with van der Waals surface area (Å²) >= 11 is 0. The van der Waals surface area contributed by atoms with Crippen molar-refractivity contribution in [1.29, 1.82) is 0 Å². The Morgan fingerprint density at radius 2 is 2.27 bits per heavy atom. The lowest BCUT2D eigenvalue weighted by atomic mass is 9.98. The summed E-state index contributed by atoms with van der Waals surface area (Å²) in [6.07, 6.45) is 4.57. The number of carbonyl (C=O) groups excluding carboxylic acids is 1. The normalized spacial score (nSPS) is 16.1. The number of amides is 2. The molecular formula is C18H26N2O2. The van der Waals surface area contributed by atoms with Crippen molar-refractivity contribution in [2.24, 2.45) is 0 Å². The number of hydrogen-bond acceptors (Lipinski definition) is 2. The van der Waals surface area contributed by atoms with Gasteiger partial charge in [-0.1, -0.05) is 35.9 Å². The van der Waals surface area contributed by atoms with E-state index in [0.717, 1.165) is 25.8 Å². The Kier molecular flexibility index (Phi) is 6.01. The van der Waals surface area contributed by atoms with Crippen LogP contribution in [0.1, 0.15) is 37.3 Å². The van der Waals surface area contributed by atoms with Crippen LogP contribution in [-0.4, -0.2) is 41.8 Å². The van der Waals surface area contributed by atoms with E-state index >= 15 is 0 Å². The van der Waals surface area contributed by atoms with Crippen molar-refractivity contribution in [1.82, 2.24) is 10.2 Å². The molecule has 0 bridgehead atoms. The number of benzene rings is 1. The van der Waals surface area contributed by atoms with Crippen LogP contribution in [0.25, 0.3) is 5.57 Å². The molecule has 1 aromatic rings. The number of hydrogen-bond donors (Lipinski definition) is 2. The van der Waals surface area contributed by atoms with E-state index in [1.54, 1.807) is 0 Å². The van der Waals surface area contributed by atoms with Gasteiger partial charge in [-0.25, -0.2) is 4.79 Å². The van der Waals surface area contributed by atoms with Gasteiger partial charge in [0.2, 0.25) is 0 Å². The quantitative estimate of drug-likeness (QED) is 0.878. The van der Waals surface area contributed by atoms with E-state index < -0.39 is 0 Å². The Morgan fingerprint density at radius 1 is 1.45 bits per heavy atom. The third-order valence-electron chi connectivity index (χ3n) is 4.05. The first-order valence-corrected chi connectivity index (χ1v) is 8.02. The minimum absolute atomic E-state index is 0.00928. The molecule has 0 radical (unpaired) electrons. The molecular weight excluding hydrogens is 276 g/mol. The average Bonchev–Trinajstić information content (AvgIpc) is 2.53. The fourth-order valence-corrected chi connectivity index (χ4v) is 2.73. The maximum Gasteiger partial charge on any atom is 0.317 e. The van der Waals surface area contributed by atoms with Crippen molar-refractivity contribution in [2.75, 3.05) is 19.7 Å². The molecule has 1 aromatic carbocycles. The molecule has 120 valence electrons. The van der Waals surface area contributed by atoms with Gasteiger partial charge in [-0.15, -0.1) is 0 Å². The molecule has 0 aliphatic carbocycles. The van der Waals surface area contributed by atoms with Gasteiger partial charge < -0.3 is 15.3 Å². The summed E-state index contributed by atoms with van der Waals surface area (Å²) in [6.45, 7) is 5.65. The van der Waals surface area contributed by atoms with Gasteiger partial charge in [-0.3, -0.25) is 0 Å². The van der Waals surface area contributed by atoms with Crippen LogP contribution >= 0.6 is 0 Å². The lowest BCUT2D eigenvalue weighted by Gasteiger charge is -2.28. The highest BCUT2D eigenvalue weighted by atomic mass is 16.3. The zero-order valence-corrected chi connectivity index (χ0v) is 13.5. The molecule has 0 fully saturated rings. The minimum atomic E-state index is -0.00928. The van der Waals surface area contributed by atoms with E-state index in [-0.39, 0.29) is 18.7 Å². The third kappa shape index (κ3) is 4.60. The van der Waals surface area contributed by atoms with Gasteiger partial charge in [0.25, 0.3) is 0 Å². The highest BCUT2D eigenvalue weighted by Crippen LogP contribution is 2.23. The maximum atomic E-state index is 12.2. The van der Waals surface area contributed by atoms with E-state index in [4.69, 9.17) is 5.11 Å². The molecule has 1 aliphatic heterocycles. The monoisotopic (exact) mass is 302 g/mol. The number of nitrogens with zero attached hydrogens (tertiary/aromatic N) is 1. The van der Waals surface area contributed by atoms with Gasteiger partial charge >= 0.3 is 6.03 Å². The van der Waals surface area contributed by atoms with Crippen molar-refractivity contribution in [3.8, 4) is 0 Å².